The van der Waals surface area contributed by atoms with Crippen molar-refractivity contribution in [3.8, 4) is 11.5 Å². The Kier molecular flexibility index (Phi) is 4.73. The van der Waals surface area contributed by atoms with E-state index in [9.17, 15) is 14.0 Å². The maximum absolute atomic E-state index is 14.2. The number of hydrogen-bond acceptors (Lipinski definition) is 6. The molecule has 0 fully saturated rings. The number of carbonyl (C=O) groups is 2. The van der Waals surface area contributed by atoms with Gasteiger partial charge in [0.25, 0.3) is 11.8 Å². The van der Waals surface area contributed by atoms with E-state index in [1.807, 2.05) is 31.2 Å². The third-order valence-corrected chi connectivity index (χ3v) is 6.88. The minimum Gasteiger partial charge on any atom is -0.486 e. The molecule has 0 bridgehead atoms. The summed E-state index contributed by atoms with van der Waals surface area (Å²) < 4.78 is 30.9. The van der Waals surface area contributed by atoms with Gasteiger partial charge >= 0.3 is 0 Å². The van der Waals surface area contributed by atoms with Gasteiger partial charge in [-0.05, 0) is 47.8 Å². The van der Waals surface area contributed by atoms with E-state index in [-0.39, 0.29) is 11.5 Å². The Labute approximate surface area is 197 Å². The van der Waals surface area contributed by atoms with Gasteiger partial charge in [-0.2, -0.15) is 4.37 Å². The molecule has 0 unspecified atom stereocenters. The van der Waals surface area contributed by atoms with Gasteiger partial charge in [-0.3, -0.25) is 9.59 Å². The van der Waals surface area contributed by atoms with Gasteiger partial charge in [-0.1, -0.05) is 24.3 Å². The molecule has 6 rings (SSSR count). The molecule has 0 saturated carbocycles. The van der Waals surface area contributed by atoms with Gasteiger partial charge in [0.15, 0.2) is 11.5 Å². The number of rotatable bonds is 3. The van der Waals surface area contributed by atoms with E-state index in [2.05, 4.69) is 15.0 Å². The van der Waals surface area contributed by atoms with E-state index in [0.29, 0.717) is 47.2 Å². The molecule has 2 N–H and O–H groups in total. The minimum absolute atomic E-state index is 0.282. The number of amides is 2. The zero-order valence-electron chi connectivity index (χ0n) is 18.0. The molecule has 3 aromatic carbocycles. The summed E-state index contributed by atoms with van der Waals surface area (Å²) in [5.41, 5.74) is 2.86. The first-order chi connectivity index (χ1) is 16.5. The van der Waals surface area contributed by atoms with Gasteiger partial charge in [-0.25, -0.2) is 4.39 Å². The van der Waals surface area contributed by atoms with Crippen molar-refractivity contribution in [1.82, 2.24) is 9.69 Å². The van der Waals surface area contributed by atoms with E-state index in [4.69, 9.17) is 9.47 Å². The Morgan fingerprint density at radius 3 is 2.88 bits per heavy atom. The number of benzene rings is 3. The summed E-state index contributed by atoms with van der Waals surface area (Å²) in [7, 11) is 0. The maximum Gasteiger partial charge on any atom is 0.276 e. The Hall–Kier alpha value is -3.98. The molecule has 9 heteroatoms. The summed E-state index contributed by atoms with van der Waals surface area (Å²) in [5, 5.41) is 6.59. The molecular weight excluding hydrogens is 457 g/mol. The van der Waals surface area contributed by atoms with Gasteiger partial charge in [-0.15, -0.1) is 0 Å². The fourth-order valence-electron chi connectivity index (χ4n) is 4.49. The molecule has 7 nitrogen and oxygen atoms in total. The summed E-state index contributed by atoms with van der Waals surface area (Å²) in [6, 6.07) is 12.9. The van der Waals surface area contributed by atoms with Crippen LogP contribution in [0.4, 0.5) is 10.1 Å². The molecule has 34 heavy (non-hydrogen) atoms. The second-order valence-electron chi connectivity index (χ2n) is 8.13. The Morgan fingerprint density at radius 2 is 2.00 bits per heavy atom. The lowest BCUT2D eigenvalue weighted by molar-refractivity contribution is 0.0950. The van der Waals surface area contributed by atoms with Crippen LogP contribution in [-0.4, -0.2) is 29.4 Å². The number of ether oxygens (including phenoxy) is 2. The summed E-state index contributed by atoms with van der Waals surface area (Å²) >= 11 is 1.24. The Bertz CT molecular complexity index is 1500. The number of fused-ring (bicyclic) bond motifs is 4. The van der Waals surface area contributed by atoms with E-state index in [0.717, 1.165) is 15.6 Å². The van der Waals surface area contributed by atoms with Gasteiger partial charge in [0.05, 0.1) is 22.0 Å². The Morgan fingerprint density at radius 1 is 1.18 bits per heavy atom. The van der Waals surface area contributed by atoms with Crippen LogP contribution in [0, 0.1) is 12.7 Å². The predicted octanol–water partition coefficient (Wildman–Crippen LogP) is 4.60. The third kappa shape index (κ3) is 3.19. The van der Waals surface area contributed by atoms with Crippen molar-refractivity contribution >= 4 is 39.1 Å². The molecule has 2 aliphatic heterocycles. The monoisotopic (exact) mass is 475 g/mol. The molecule has 3 heterocycles. The molecule has 1 atom stereocenters. The van der Waals surface area contributed by atoms with E-state index in [1.54, 1.807) is 12.1 Å². The van der Waals surface area contributed by atoms with Crippen LogP contribution < -0.4 is 20.1 Å². The zero-order valence-corrected chi connectivity index (χ0v) is 18.8. The first kappa shape index (κ1) is 20.6. The lowest BCUT2D eigenvalue weighted by Crippen LogP contribution is -2.21. The SMILES string of the molecule is Cc1ccc(F)cc1[C@H]1NC(=O)c2c3c(cc(NC(=O)c4nsc5ccccc45)c21)OCCO3. The number of carbonyl (C=O) groups excluding carboxylic acids is 2. The highest BCUT2D eigenvalue weighted by molar-refractivity contribution is 7.13. The number of anilines is 1. The van der Waals surface area contributed by atoms with Crippen LogP contribution in [0.15, 0.2) is 48.5 Å². The molecule has 0 saturated heterocycles. The van der Waals surface area contributed by atoms with Crippen LogP contribution >= 0.6 is 11.5 Å². The summed E-state index contributed by atoms with van der Waals surface area (Å²) in [4.78, 5) is 26.4. The maximum atomic E-state index is 14.2. The normalized spacial score (nSPS) is 16.3. The highest BCUT2D eigenvalue weighted by Crippen LogP contribution is 2.47. The number of aryl methyl sites for hydroxylation is 1. The standard InChI is InChI=1S/C25H18FN3O4S/c1-12-6-7-13(26)10-15(12)21-19-16(11-17-23(33-9-8-32-17)20(19)24(30)28-21)27-25(31)22-14-4-2-3-5-18(14)34-29-22/h2-7,10-11,21H,8-9H2,1H3,(H,27,31)(H,28,30)/t21-/m1/s1. The summed E-state index contributed by atoms with van der Waals surface area (Å²) in [6.45, 7) is 2.47. The van der Waals surface area contributed by atoms with E-state index < -0.39 is 17.8 Å². The largest absolute Gasteiger partial charge is 0.486 e. The van der Waals surface area contributed by atoms with Crippen LogP contribution in [0.1, 0.15) is 43.6 Å². The quantitative estimate of drug-likeness (QED) is 0.452. The van der Waals surface area contributed by atoms with Crippen LogP contribution in [0.5, 0.6) is 11.5 Å². The predicted molar refractivity (Wildman–Crippen MR) is 125 cm³/mol. The smallest absolute Gasteiger partial charge is 0.276 e. The number of hydrogen-bond donors (Lipinski definition) is 2. The van der Waals surface area contributed by atoms with Crippen LogP contribution in [0.25, 0.3) is 10.1 Å². The molecule has 2 amide bonds. The van der Waals surface area contributed by atoms with Gasteiger partial charge in [0, 0.05) is 17.0 Å². The highest BCUT2D eigenvalue weighted by Gasteiger charge is 2.39. The minimum atomic E-state index is -0.670. The van der Waals surface area contributed by atoms with Crippen molar-refractivity contribution in [2.75, 3.05) is 18.5 Å². The Balaban J connectivity index is 1.51. The van der Waals surface area contributed by atoms with Crippen molar-refractivity contribution in [1.29, 1.82) is 0 Å². The van der Waals surface area contributed by atoms with Crippen molar-refractivity contribution in [3.05, 3.63) is 82.3 Å². The first-order valence-corrected chi connectivity index (χ1v) is 11.5. The average molecular weight is 476 g/mol. The molecule has 0 aliphatic carbocycles. The lowest BCUT2D eigenvalue weighted by Gasteiger charge is -2.23. The number of nitrogens with zero attached hydrogens (tertiary/aromatic N) is 1. The average Bonchev–Trinajstić information content (AvgIpc) is 3.42. The fourth-order valence-corrected chi connectivity index (χ4v) is 5.26. The second-order valence-corrected chi connectivity index (χ2v) is 8.93. The zero-order chi connectivity index (χ0) is 23.4. The summed E-state index contributed by atoms with van der Waals surface area (Å²) in [5.74, 6) is -0.506. The van der Waals surface area contributed by atoms with Crippen molar-refractivity contribution in [2.24, 2.45) is 0 Å². The number of nitrogens with one attached hydrogen (secondary N) is 2. The molecule has 0 radical (unpaired) electrons. The van der Waals surface area contributed by atoms with Crippen LogP contribution in [0.2, 0.25) is 0 Å². The lowest BCUT2D eigenvalue weighted by atomic mass is 9.92. The number of aromatic nitrogens is 1. The van der Waals surface area contributed by atoms with Gasteiger partial charge in [0.2, 0.25) is 0 Å². The molecular formula is C25H18FN3O4S. The third-order valence-electron chi connectivity index (χ3n) is 6.06. The first-order valence-electron chi connectivity index (χ1n) is 10.7. The second kappa shape index (κ2) is 7.81. The van der Waals surface area contributed by atoms with Crippen LogP contribution in [0.3, 0.4) is 0 Å². The molecule has 2 aliphatic rings. The van der Waals surface area contributed by atoms with E-state index >= 15 is 0 Å². The van der Waals surface area contributed by atoms with Crippen molar-refractivity contribution in [2.45, 2.75) is 13.0 Å². The van der Waals surface area contributed by atoms with Gasteiger partial charge in [0.1, 0.15) is 24.7 Å². The molecule has 170 valence electrons. The summed E-state index contributed by atoms with van der Waals surface area (Å²) in [6.07, 6.45) is 0. The number of halogens is 1. The topological polar surface area (TPSA) is 89.6 Å². The van der Waals surface area contributed by atoms with Crippen LogP contribution in [-0.2, 0) is 0 Å². The van der Waals surface area contributed by atoms with Crippen molar-refractivity contribution in [3.63, 3.8) is 0 Å². The van der Waals surface area contributed by atoms with E-state index in [1.165, 1.54) is 23.7 Å². The fraction of sp³-hybridized carbons (Fsp3) is 0.160. The van der Waals surface area contributed by atoms with Crippen molar-refractivity contribution < 1.29 is 23.5 Å². The molecule has 1 aromatic heterocycles. The molecule has 4 aromatic rings. The van der Waals surface area contributed by atoms with Gasteiger partial charge < -0.3 is 20.1 Å². The molecule has 0 spiro atoms. The highest BCUT2D eigenvalue weighted by atomic mass is 32.1.